The average Bonchev–Trinajstić information content (AvgIpc) is 3.10. The summed E-state index contributed by atoms with van der Waals surface area (Å²) in [6.07, 6.45) is 4.57. The minimum absolute atomic E-state index is 0.138. The van der Waals surface area contributed by atoms with Gasteiger partial charge in [-0.15, -0.1) is 0 Å². The number of likely N-dealkylation sites (tertiary alicyclic amines) is 1. The number of rotatable bonds is 2. The van der Waals surface area contributed by atoms with Gasteiger partial charge in [-0.1, -0.05) is 0 Å². The number of fused-ring (bicyclic) bond motifs is 1. The number of carbonyl (C=O) groups is 2. The van der Waals surface area contributed by atoms with Crippen LogP contribution in [0, 0.1) is 5.92 Å². The summed E-state index contributed by atoms with van der Waals surface area (Å²) in [5, 5.41) is 9.31. The minimum atomic E-state index is -0.768. The number of carboxylic acid groups (broad SMARTS) is 1. The van der Waals surface area contributed by atoms with Crippen LogP contribution < -0.4 is 0 Å². The molecule has 2 aliphatic rings. The van der Waals surface area contributed by atoms with Gasteiger partial charge in [-0.3, -0.25) is 9.69 Å². The van der Waals surface area contributed by atoms with E-state index in [1.165, 1.54) is 0 Å². The Morgan fingerprint density at radius 1 is 1.33 bits per heavy atom. The van der Waals surface area contributed by atoms with E-state index in [-0.39, 0.29) is 18.1 Å². The van der Waals surface area contributed by atoms with Gasteiger partial charge in [0.05, 0.1) is 12.0 Å². The largest absolute Gasteiger partial charge is 0.481 e. The number of carbonyl (C=O) groups excluding carboxylic acids is 1. The van der Waals surface area contributed by atoms with Crippen LogP contribution in [0.3, 0.4) is 0 Å². The van der Waals surface area contributed by atoms with Crippen molar-refractivity contribution < 1.29 is 19.4 Å². The Balaban J connectivity index is 1.83. The number of amides is 1. The van der Waals surface area contributed by atoms with Gasteiger partial charge in [0.1, 0.15) is 11.4 Å². The van der Waals surface area contributed by atoms with Crippen molar-refractivity contribution in [1.29, 1.82) is 0 Å². The van der Waals surface area contributed by atoms with Crippen molar-refractivity contribution >= 4 is 12.1 Å². The van der Waals surface area contributed by atoms with Gasteiger partial charge in [0.25, 0.3) is 0 Å². The molecule has 3 heterocycles. The van der Waals surface area contributed by atoms with E-state index in [4.69, 9.17) is 4.74 Å². The van der Waals surface area contributed by atoms with Crippen LogP contribution in [0.25, 0.3) is 0 Å². The molecule has 1 aromatic heterocycles. The molecule has 0 aliphatic carbocycles. The van der Waals surface area contributed by atoms with Crippen LogP contribution in [0.5, 0.6) is 0 Å². The van der Waals surface area contributed by atoms with Crippen molar-refractivity contribution in [2.75, 3.05) is 6.54 Å². The van der Waals surface area contributed by atoms with Gasteiger partial charge in [-0.2, -0.15) is 0 Å². The van der Waals surface area contributed by atoms with E-state index in [0.717, 1.165) is 24.4 Å². The van der Waals surface area contributed by atoms with Crippen LogP contribution in [0.1, 0.15) is 57.6 Å². The SMILES string of the molecule is CC(C)(C)OC(=O)N1CCCC1c1ncc2n1CC(C(=O)O)CC2. The molecule has 1 fully saturated rings. The molecule has 0 bridgehead atoms. The highest BCUT2D eigenvalue weighted by Crippen LogP contribution is 2.35. The summed E-state index contributed by atoms with van der Waals surface area (Å²) in [4.78, 5) is 30.1. The number of aliphatic carboxylic acids is 1. The molecule has 0 aromatic carbocycles. The van der Waals surface area contributed by atoms with Crippen LogP contribution in [-0.4, -0.2) is 43.8 Å². The Hall–Kier alpha value is -2.05. The standard InChI is InChI=1S/C17H25N3O4/c1-17(2,3)24-16(23)19-8-4-5-13(19)14-18-9-12-7-6-11(15(21)22)10-20(12)14/h9,11,13H,4-8,10H2,1-3H3,(H,21,22). The first-order valence-electron chi connectivity index (χ1n) is 8.53. The second-order valence-corrected chi connectivity index (χ2v) is 7.62. The van der Waals surface area contributed by atoms with Gasteiger partial charge in [-0.25, -0.2) is 9.78 Å². The molecule has 24 heavy (non-hydrogen) atoms. The van der Waals surface area contributed by atoms with Gasteiger partial charge in [0.2, 0.25) is 0 Å². The molecule has 1 amide bonds. The molecular formula is C17H25N3O4. The third kappa shape index (κ3) is 3.25. The van der Waals surface area contributed by atoms with Crippen LogP contribution in [0.2, 0.25) is 0 Å². The molecule has 1 aromatic rings. The lowest BCUT2D eigenvalue weighted by Crippen LogP contribution is -2.38. The van der Waals surface area contributed by atoms with Crippen molar-refractivity contribution in [3.05, 3.63) is 17.7 Å². The molecule has 7 nitrogen and oxygen atoms in total. The number of carboxylic acids is 1. The Bertz CT molecular complexity index is 647. The lowest BCUT2D eigenvalue weighted by molar-refractivity contribution is -0.142. The maximum atomic E-state index is 12.5. The molecule has 2 aliphatic heterocycles. The van der Waals surface area contributed by atoms with E-state index in [9.17, 15) is 14.7 Å². The maximum Gasteiger partial charge on any atom is 0.410 e. The maximum absolute atomic E-state index is 12.5. The number of nitrogens with zero attached hydrogens (tertiary/aromatic N) is 3. The van der Waals surface area contributed by atoms with E-state index < -0.39 is 11.6 Å². The fourth-order valence-electron chi connectivity index (χ4n) is 3.51. The third-order valence-electron chi connectivity index (χ3n) is 4.65. The Morgan fingerprint density at radius 2 is 2.08 bits per heavy atom. The van der Waals surface area contributed by atoms with Gasteiger partial charge >= 0.3 is 12.1 Å². The van der Waals surface area contributed by atoms with Crippen LogP contribution in [-0.2, 0) is 22.5 Å². The molecule has 0 radical (unpaired) electrons. The number of ether oxygens (including phenoxy) is 1. The summed E-state index contributed by atoms with van der Waals surface area (Å²) < 4.78 is 7.50. The summed E-state index contributed by atoms with van der Waals surface area (Å²) in [6.45, 7) is 6.63. The molecule has 3 rings (SSSR count). The Morgan fingerprint density at radius 3 is 2.75 bits per heavy atom. The van der Waals surface area contributed by atoms with E-state index in [2.05, 4.69) is 4.98 Å². The second kappa shape index (κ2) is 6.11. The molecule has 2 atom stereocenters. The molecule has 0 saturated carbocycles. The molecule has 132 valence electrons. The highest BCUT2D eigenvalue weighted by Gasteiger charge is 2.37. The first-order chi connectivity index (χ1) is 11.3. The summed E-state index contributed by atoms with van der Waals surface area (Å²) in [6, 6.07) is -0.138. The van der Waals surface area contributed by atoms with Crippen LogP contribution in [0.15, 0.2) is 6.20 Å². The number of aromatic nitrogens is 2. The molecule has 1 saturated heterocycles. The summed E-state index contributed by atoms with van der Waals surface area (Å²) in [5.74, 6) is -0.364. The van der Waals surface area contributed by atoms with E-state index in [1.807, 2.05) is 31.5 Å². The van der Waals surface area contributed by atoms with Crippen LogP contribution >= 0.6 is 0 Å². The monoisotopic (exact) mass is 335 g/mol. The highest BCUT2D eigenvalue weighted by atomic mass is 16.6. The topological polar surface area (TPSA) is 84.7 Å². The van der Waals surface area contributed by atoms with Gasteiger partial charge in [0.15, 0.2) is 0 Å². The lowest BCUT2D eigenvalue weighted by Gasteiger charge is -2.30. The lowest BCUT2D eigenvalue weighted by atomic mass is 9.98. The van der Waals surface area contributed by atoms with Crippen molar-refractivity contribution in [2.24, 2.45) is 5.92 Å². The number of imidazole rings is 1. The predicted molar refractivity (Wildman–Crippen MR) is 86.6 cm³/mol. The molecule has 2 unspecified atom stereocenters. The highest BCUT2D eigenvalue weighted by molar-refractivity contribution is 5.70. The molecular weight excluding hydrogens is 310 g/mol. The first-order valence-corrected chi connectivity index (χ1v) is 8.53. The van der Waals surface area contributed by atoms with Crippen LogP contribution in [0.4, 0.5) is 4.79 Å². The zero-order valence-electron chi connectivity index (χ0n) is 14.5. The number of hydrogen-bond donors (Lipinski definition) is 1. The fourth-order valence-corrected chi connectivity index (χ4v) is 3.51. The minimum Gasteiger partial charge on any atom is -0.481 e. The van der Waals surface area contributed by atoms with Crippen molar-refractivity contribution in [1.82, 2.24) is 14.5 Å². The molecule has 0 spiro atoms. The van der Waals surface area contributed by atoms with Crippen molar-refractivity contribution in [3.63, 3.8) is 0 Å². The first kappa shape index (κ1) is 16.8. The summed E-state index contributed by atoms with van der Waals surface area (Å²) in [5.41, 5.74) is 0.517. The summed E-state index contributed by atoms with van der Waals surface area (Å²) in [7, 11) is 0. The Labute approximate surface area is 141 Å². The predicted octanol–water partition coefficient (Wildman–Crippen LogP) is 2.60. The van der Waals surface area contributed by atoms with Crippen molar-refractivity contribution in [2.45, 2.75) is 64.6 Å². The number of hydrogen-bond acceptors (Lipinski definition) is 4. The van der Waals surface area contributed by atoms with E-state index >= 15 is 0 Å². The zero-order valence-corrected chi connectivity index (χ0v) is 14.5. The normalized spacial score (nSPS) is 23.9. The zero-order chi connectivity index (χ0) is 17.5. The Kier molecular flexibility index (Phi) is 4.27. The number of aryl methyl sites for hydroxylation is 1. The third-order valence-corrected chi connectivity index (χ3v) is 4.65. The molecule has 7 heteroatoms. The van der Waals surface area contributed by atoms with Crippen molar-refractivity contribution in [3.8, 4) is 0 Å². The van der Waals surface area contributed by atoms with Gasteiger partial charge in [0, 0.05) is 25.0 Å². The smallest absolute Gasteiger partial charge is 0.410 e. The molecule has 1 N–H and O–H groups in total. The second-order valence-electron chi connectivity index (χ2n) is 7.62. The quantitative estimate of drug-likeness (QED) is 0.898. The van der Waals surface area contributed by atoms with Gasteiger partial charge < -0.3 is 14.4 Å². The summed E-state index contributed by atoms with van der Waals surface area (Å²) >= 11 is 0. The van der Waals surface area contributed by atoms with E-state index in [0.29, 0.717) is 25.9 Å². The fraction of sp³-hybridized carbons (Fsp3) is 0.706. The van der Waals surface area contributed by atoms with E-state index in [1.54, 1.807) is 4.90 Å². The average molecular weight is 335 g/mol. The van der Waals surface area contributed by atoms with Gasteiger partial charge in [-0.05, 0) is 46.5 Å².